The second-order valence-electron chi connectivity index (χ2n) is 2.93. The molecule has 1 aromatic heterocycles. The third-order valence-corrected chi connectivity index (χ3v) is 1.85. The number of pyridine rings is 1. The molecule has 1 rings (SSSR count). The number of hydrogen-bond acceptors (Lipinski definition) is 5. The number of carbonyl (C=O) groups excluding carboxylic acids is 1. The van der Waals surface area contributed by atoms with Crippen LogP contribution >= 0.6 is 0 Å². The smallest absolute Gasteiger partial charge is 0.338 e. The number of nitrogens with zero attached hydrogens (tertiary/aromatic N) is 1. The van der Waals surface area contributed by atoms with Gasteiger partial charge in [-0.25, -0.2) is 4.79 Å². The first-order valence-corrected chi connectivity index (χ1v) is 4.59. The number of rotatable bonds is 4. The van der Waals surface area contributed by atoms with Crippen molar-refractivity contribution in [3.8, 4) is 0 Å². The summed E-state index contributed by atoms with van der Waals surface area (Å²) < 4.78 is 4.58. The summed E-state index contributed by atoms with van der Waals surface area (Å²) in [6.45, 7) is 1.79. The van der Waals surface area contributed by atoms with Crippen LogP contribution in [0.25, 0.3) is 0 Å². The van der Waals surface area contributed by atoms with Crippen LogP contribution in [0.2, 0.25) is 0 Å². The number of carbonyl (C=O) groups is 1. The van der Waals surface area contributed by atoms with E-state index in [4.69, 9.17) is 0 Å². The molecule has 0 aliphatic rings. The Morgan fingerprint density at radius 2 is 2.33 bits per heavy atom. The molecule has 2 N–H and O–H groups in total. The number of hydrogen-bond donors (Lipinski definition) is 2. The Balaban J connectivity index is 2.68. The van der Waals surface area contributed by atoms with Crippen molar-refractivity contribution < 1.29 is 19.7 Å². The molecule has 5 heteroatoms. The molecule has 15 heavy (non-hydrogen) atoms. The molecular weight excluding hydrogens is 198 g/mol. The summed E-state index contributed by atoms with van der Waals surface area (Å²) in [5.41, 5.74) is 0.373. The summed E-state index contributed by atoms with van der Waals surface area (Å²) in [4.78, 5) is 14.9. The topological polar surface area (TPSA) is 79.7 Å². The van der Waals surface area contributed by atoms with E-state index in [9.17, 15) is 15.0 Å². The lowest BCUT2D eigenvalue weighted by atomic mass is 10.1. The van der Waals surface area contributed by atoms with Crippen molar-refractivity contribution >= 4 is 5.97 Å². The monoisotopic (exact) mass is 211 g/mol. The third-order valence-electron chi connectivity index (χ3n) is 1.85. The molecule has 0 bridgehead atoms. The SMILES string of the molecule is CCOC(=O)C(O)C(O)c1cccnc1. The van der Waals surface area contributed by atoms with Gasteiger partial charge in [0.2, 0.25) is 0 Å². The van der Waals surface area contributed by atoms with Crippen LogP contribution in [0.1, 0.15) is 18.6 Å². The van der Waals surface area contributed by atoms with Crippen molar-refractivity contribution in [2.24, 2.45) is 0 Å². The quantitative estimate of drug-likeness (QED) is 0.687. The summed E-state index contributed by atoms with van der Waals surface area (Å²) in [6, 6.07) is 3.18. The maximum atomic E-state index is 11.1. The van der Waals surface area contributed by atoms with Gasteiger partial charge in [0.25, 0.3) is 0 Å². The van der Waals surface area contributed by atoms with Crippen molar-refractivity contribution in [2.45, 2.75) is 19.1 Å². The van der Waals surface area contributed by atoms with Gasteiger partial charge in [-0.2, -0.15) is 0 Å². The van der Waals surface area contributed by atoms with Crippen molar-refractivity contribution in [3.05, 3.63) is 30.1 Å². The highest BCUT2D eigenvalue weighted by Gasteiger charge is 2.26. The Kier molecular flexibility index (Phi) is 4.20. The lowest BCUT2D eigenvalue weighted by Gasteiger charge is -2.15. The highest BCUT2D eigenvalue weighted by Crippen LogP contribution is 2.16. The minimum absolute atomic E-state index is 0.162. The Morgan fingerprint density at radius 1 is 1.60 bits per heavy atom. The molecule has 0 aromatic carbocycles. The average molecular weight is 211 g/mol. The molecule has 0 spiro atoms. The Morgan fingerprint density at radius 3 is 2.87 bits per heavy atom. The summed E-state index contributed by atoms with van der Waals surface area (Å²) in [5, 5.41) is 19.0. The lowest BCUT2D eigenvalue weighted by Crippen LogP contribution is -2.29. The van der Waals surface area contributed by atoms with Crippen LogP contribution < -0.4 is 0 Å². The summed E-state index contributed by atoms with van der Waals surface area (Å²) in [5.74, 6) is -0.839. The van der Waals surface area contributed by atoms with Gasteiger partial charge in [0, 0.05) is 18.0 Å². The molecule has 0 aliphatic carbocycles. The van der Waals surface area contributed by atoms with E-state index in [1.165, 1.54) is 12.4 Å². The first-order valence-electron chi connectivity index (χ1n) is 4.59. The summed E-state index contributed by atoms with van der Waals surface area (Å²) >= 11 is 0. The van der Waals surface area contributed by atoms with Gasteiger partial charge >= 0.3 is 5.97 Å². The van der Waals surface area contributed by atoms with Gasteiger partial charge in [0.15, 0.2) is 6.10 Å². The Bertz CT molecular complexity index is 314. The van der Waals surface area contributed by atoms with Crippen molar-refractivity contribution in [2.75, 3.05) is 6.61 Å². The van der Waals surface area contributed by atoms with E-state index < -0.39 is 18.2 Å². The molecule has 0 aliphatic heterocycles. The van der Waals surface area contributed by atoms with Crippen LogP contribution in [0.3, 0.4) is 0 Å². The number of aliphatic hydroxyl groups excluding tert-OH is 2. The standard InChI is InChI=1S/C10H13NO4/c1-2-15-10(14)9(13)8(12)7-4-3-5-11-6-7/h3-6,8-9,12-13H,2H2,1H3. The molecule has 1 heterocycles. The first-order chi connectivity index (χ1) is 7.16. The molecule has 2 atom stereocenters. The van der Waals surface area contributed by atoms with Gasteiger partial charge in [0.1, 0.15) is 6.10 Å². The van der Waals surface area contributed by atoms with Crippen LogP contribution in [0.4, 0.5) is 0 Å². The van der Waals surface area contributed by atoms with Crippen LogP contribution in [0.5, 0.6) is 0 Å². The van der Waals surface area contributed by atoms with Gasteiger partial charge in [0.05, 0.1) is 6.61 Å². The predicted octanol–water partition coefficient (Wildman–Crippen LogP) is 0.0390. The van der Waals surface area contributed by atoms with E-state index in [1.54, 1.807) is 19.1 Å². The zero-order chi connectivity index (χ0) is 11.3. The van der Waals surface area contributed by atoms with Crippen molar-refractivity contribution in [3.63, 3.8) is 0 Å². The van der Waals surface area contributed by atoms with Gasteiger partial charge in [-0.05, 0) is 13.0 Å². The molecule has 0 saturated carbocycles. The third kappa shape index (κ3) is 3.00. The fourth-order valence-electron chi connectivity index (χ4n) is 1.09. The van der Waals surface area contributed by atoms with Crippen LogP contribution in [0.15, 0.2) is 24.5 Å². The largest absolute Gasteiger partial charge is 0.464 e. The van der Waals surface area contributed by atoms with E-state index in [0.29, 0.717) is 5.56 Å². The van der Waals surface area contributed by atoms with E-state index in [0.717, 1.165) is 0 Å². The minimum Gasteiger partial charge on any atom is -0.464 e. The van der Waals surface area contributed by atoms with E-state index in [-0.39, 0.29) is 6.61 Å². The van der Waals surface area contributed by atoms with Gasteiger partial charge in [-0.1, -0.05) is 6.07 Å². The van der Waals surface area contributed by atoms with E-state index >= 15 is 0 Å². The summed E-state index contributed by atoms with van der Waals surface area (Å²) in [6.07, 6.45) is 0.0342. The second-order valence-corrected chi connectivity index (χ2v) is 2.93. The van der Waals surface area contributed by atoms with Crippen LogP contribution in [0, 0.1) is 0 Å². The molecule has 0 amide bonds. The van der Waals surface area contributed by atoms with Crippen molar-refractivity contribution in [1.82, 2.24) is 4.98 Å². The molecule has 0 saturated heterocycles. The predicted molar refractivity (Wildman–Crippen MR) is 51.8 cm³/mol. The molecule has 5 nitrogen and oxygen atoms in total. The van der Waals surface area contributed by atoms with E-state index in [2.05, 4.69) is 9.72 Å². The maximum absolute atomic E-state index is 11.1. The number of esters is 1. The zero-order valence-electron chi connectivity index (χ0n) is 8.33. The van der Waals surface area contributed by atoms with E-state index in [1.807, 2.05) is 0 Å². The number of aromatic nitrogens is 1. The normalized spacial score (nSPS) is 14.3. The lowest BCUT2D eigenvalue weighted by molar-refractivity contribution is -0.159. The second kappa shape index (κ2) is 5.43. The molecule has 1 aromatic rings. The van der Waals surface area contributed by atoms with Gasteiger partial charge < -0.3 is 14.9 Å². The fourth-order valence-corrected chi connectivity index (χ4v) is 1.09. The minimum atomic E-state index is -1.57. The van der Waals surface area contributed by atoms with Gasteiger partial charge in [-0.15, -0.1) is 0 Å². The van der Waals surface area contributed by atoms with Crippen LogP contribution in [-0.2, 0) is 9.53 Å². The Hall–Kier alpha value is -1.46. The van der Waals surface area contributed by atoms with Gasteiger partial charge in [-0.3, -0.25) is 4.98 Å². The fraction of sp³-hybridized carbons (Fsp3) is 0.400. The number of aliphatic hydroxyl groups is 2. The molecule has 0 radical (unpaired) electrons. The van der Waals surface area contributed by atoms with Crippen molar-refractivity contribution in [1.29, 1.82) is 0 Å². The molecule has 2 unspecified atom stereocenters. The number of ether oxygens (including phenoxy) is 1. The highest BCUT2D eigenvalue weighted by molar-refractivity contribution is 5.75. The molecule has 0 fully saturated rings. The average Bonchev–Trinajstić information content (AvgIpc) is 2.28. The Labute approximate surface area is 87.3 Å². The molecule has 82 valence electrons. The molecular formula is C10H13NO4. The first kappa shape index (κ1) is 11.6. The maximum Gasteiger partial charge on any atom is 0.338 e. The summed E-state index contributed by atoms with van der Waals surface area (Å²) in [7, 11) is 0. The highest BCUT2D eigenvalue weighted by atomic mass is 16.5. The zero-order valence-corrected chi connectivity index (χ0v) is 8.33. The van der Waals surface area contributed by atoms with Crippen LogP contribution in [-0.4, -0.2) is 33.9 Å².